The maximum Gasteiger partial charge on any atom is 0.272 e. The van der Waals surface area contributed by atoms with Crippen LogP contribution in [-0.2, 0) is 11.3 Å². The minimum absolute atomic E-state index is 0.311. The van der Waals surface area contributed by atoms with Crippen molar-refractivity contribution in [3.05, 3.63) is 89.5 Å². The summed E-state index contributed by atoms with van der Waals surface area (Å²) in [5.74, 6) is 1.27. The number of nitrogens with one attached hydrogen (secondary N) is 1. The highest BCUT2D eigenvalue weighted by Gasteiger charge is 2.15. The fraction of sp³-hybridized carbons (Fsp3) is 0.258. The summed E-state index contributed by atoms with van der Waals surface area (Å²) in [6, 6.07) is 23.0. The molecule has 2 heterocycles. The summed E-state index contributed by atoms with van der Waals surface area (Å²) >= 11 is 0. The number of para-hydroxylation sites is 1. The van der Waals surface area contributed by atoms with E-state index in [-0.39, 0.29) is 5.91 Å². The summed E-state index contributed by atoms with van der Waals surface area (Å²) in [5.41, 5.74) is 7.42. The van der Waals surface area contributed by atoms with Gasteiger partial charge in [0.1, 0.15) is 11.5 Å². The van der Waals surface area contributed by atoms with Gasteiger partial charge in [0, 0.05) is 36.1 Å². The topological polar surface area (TPSA) is 85.3 Å². The van der Waals surface area contributed by atoms with Crippen molar-refractivity contribution < 1.29 is 19.0 Å². The Morgan fingerprint density at radius 2 is 1.92 bits per heavy atom. The van der Waals surface area contributed by atoms with E-state index >= 15 is 0 Å². The van der Waals surface area contributed by atoms with Crippen LogP contribution in [0, 0.1) is 0 Å². The van der Waals surface area contributed by atoms with Crippen LogP contribution in [0.15, 0.2) is 77.9 Å². The number of aromatic nitrogens is 1. The molecule has 4 aromatic rings. The summed E-state index contributed by atoms with van der Waals surface area (Å²) < 4.78 is 16.7. The lowest BCUT2D eigenvalue weighted by molar-refractivity contribution is 0.0339. The summed E-state index contributed by atoms with van der Waals surface area (Å²) in [5, 5.41) is 5.03. The first-order valence-electron chi connectivity index (χ1n) is 13.1. The first-order valence-corrected chi connectivity index (χ1v) is 13.1. The van der Waals surface area contributed by atoms with Crippen LogP contribution < -0.4 is 14.9 Å². The van der Waals surface area contributed by atoms with E-state index in [2.05, 4.69) is 15.4 Å². The monoisotopic (exact) mass is 524 g/mol. The number of fused-ring (bicyclic) bond motifs is 1. The second kappa shape index (κ2) is 12.5. The number of methoxy groups -OCH3 is 1. The van der Waals surface area contributed by atoms with Crippen molar-refractivity contribution in [3.63, 3.8) is 0 Å². The third kappa shape index (κ3) is 6.42. The SMILES string of the molecule is CCOc1cccc(-c2cc(C(=O)N/N=C/c3ccc(OC)c(CN4CCOCC4)c3)c3ccccc3n2)c1. The van der Waals surface area contributed by atoms with E-state index in [9.17, 15) is 4.79 Å². The van der Waals surface area contributed by atoms with Crippen LogP contribution in [0.5, 0.6) is 11.5 Å². The lowest BCUT2D eigenvalue weighted by atomic mass is 10.0. The number of hydrogen-bond donors (Lipinski definition) is 1. The van der Waals surface area contributed by atoms with Gasteiger partial charge in [-0.15, -0.1) is 0 Å². The van der Waals surface area contributed by atoms with Crippen molar-refractivity contribution in [2.75, 3.05) is 40.0 Å². The molecule has 0 spiro atoms. The fourth-order valence-electron chi connectivity index (χ4n) is 4.65. The van der Waals surface area contributed by atoms with Gasteiger partial charge in [-0.25, -0.2) is 10.4 Å². The van der Waals surface area contributed by atoms with Gasteiger partial charge < -0.3 is 14.2 Å². The molecule has 5 rings (SSSR count). The Morgan fingerprint density at radius 1 is 1.08 bits per heavy atom. The average Bonchev–Trinajstić information content (AvgIpc) is 2.97. The summed E-state index contributed by atoms with van der Waals surface area (Å²) in [6.07, 6.45) is 1.65. The molecule has 8 heteroatoms. The molecule has 1 saturated heterocycles. The molecule has 0 bridgehead atoms. The van der Waals surface area contributed by atoms with E-state index in [1.54, 1.807) is 19.4 Å². The van der Waals surface area contributed by atoms with Crippen LogP contribution in [-0.4, -0.2) is 62.0 Å². The molecule has 200 valence electrons. The van der Waals surface area contributed by atoms with Gasteiger partial charge in [-0.05, 0) is 55.0 Å². The molecule has 39 heavy (non-hydrogen) atoms. The number of pyridine rings is 1. The van der Waals surface area contributed by atoms with Crippen molar-refractivity contribution in [1.29, 1.82) is 0 Å². The molecule has 1 aliphatic rings. The van der Waals surface area contributed by atoms with Crippen LogP contribution in [0.25, 0.3) is 22.2 Å². The van der Waals surface area contributed by atoms with Crippen LogP contribution >= 0.6 is 0 Å². The van der Waals surface area contributed by atoms with Crippen molar-refractivity contribution in [2.45, 2.75) is 13.5 Å². The lowest BCUT2D eigenvalue weighted by Gasteiger charge is -2.27. The van der Waals surface area contributed by atoms with Gasteiger partial charge in [0.05, 0.1) is 49.9 Å². The summed E-state index contributed by atoms with van der Waals surface area (Å²) in [4.78, 5) is 20.4. The van der Waals surface area contributed by atoms with Gasteiger partial charge in [0.15, 0.2) is 0 Å². The Morgan fingerprint density at radius 3 is 2.74 bits per heavy atom. The number of rotatable bonds is 9. The zero-order chi connectivity index (χ0) is 27.0. The molecule has 0 atom stereocenters. The second-order valence-corrected chi connectivity index (χ2v) is 9.19. The van der Waals surface area contributed by atoms with Crippen molar-refractivity contribution in [2.24, 2.45) is 5.10 Å². The molecule has 1 fully saturated rings. The van der Waals surface area contributed by atoms with Crippen molar-refractivity contribution in [3.8, 4) is 22.8 Å². The number of hydrazone groups is 1. The smallest absolute Gasteiger partial charge is 0.272 e. The van der Waals surface area contributed by atoms with Gasteiger partial charge in [-0.2, -0.15) is 5.10 Å². The number of ether oxygens (including phenoxy) is 3. The number of nitrogens with zero attached hydrogens (tertiary/aromatic N) is 3. The molecule has 0 saturated carbocycles. The third-order valence-corrected chi connectivity index (χ3v) is 6.58. The van der Waals surface area contributed by atoms with Gasteiger partial charge in [-0.1, -0.05) is 30.3 Å². The summed E-state index contributed by atoms with van der Waals surface area (Å²) in [7, 11) is 1.67. The highest BCUT2D eigenvalue weighted by Crippen LogP contribution is 2.27. The standard InChI is InChI=1S/C31H32N4O4/c1-3-39-25-8-6-7-23(18-25)29-19-27(26-9-4-5-10-28(26)33-29)31(36)34-32-20-22-11-12-30(37-2)24(17-22)21-35-13-15-38-16-14-35/h4-12,17-20H,3,13-16,21H2,1-2H3,(H,34,36)/b32-20+. The van der Waals surface area contributed by atoms with Crippen LogP contribution in [0.4, 0.5) is 0 Å². The minimum atomic E-state index is -0.311. The van der Waals surface area contributed by atoms with E-state index in [4.69, 9.17) is 19.2 Å². The maximum atomic E-state index is 13.3. The van der Waals surface area contributed by atoms with Crippen LogP contribution in [0.3, 0.4) is 0 Å². The van der Waals surface area contributed by atoms with E-state index in [1.165, 1.54) is 0 Å². The van der Waals surface area contributed by atoms with Gasteiger partial charge in [-0.3, -0.25) is 9.69 Å². The molecule has 1 aromatic heterocycles. The molecule has 0 unspecified atom stereocenters. The minimum Gasteiger partial charge on any atom is -0.496 e. The van der Waals surface area contributed by atoms with Crippen LogP contribution in [0.1, 0.15) is 28.4 Å². The largest absolute Gasteiger partial charge is 0.496 e. The first kappa shape index (κ1) is 26.3. The Labute approximate surface area is 228 Å². The normalized spacial score (nSPS) is 14.0. The number of amides is 1. The van der Waals surface area contributed by atoms with Crippen LogP contribution in [0.2, 0.25) is 0 Å². The molecular formula is C31H32N4O4. The molecule has 0 radical (unpaired) electrons. The lowest BCUT2D eigenvalue weighted by Crippen LogP contribution is -2.35. The van der Waals surface area contributed by atoms with E-state index < -0.39 is 0 Å². The quantitative estimate of drug-likeness (QED) is 0.248. The predicted octanol–water partition coefficient (Wildman–Crippen LogP) is 4.91. The average molecular weight is 525 g/mol. The van der Waals surface area contributed by atoms with Gasteiger partial charge in [0.25, 0.3) is 5.91 Å². The van der Waals surface area contributed by atoms with E-state index in [0.717, 1.165) is 71.9 Å². The zero-order valence-electron chi connectivity index (χ0n) is 22.2. The molecule has 8 nitrogen and oxygen atoms in total. The Balaban J connectivity index is 1.37. The van der Waals surface area contributed by atoms with Gasteiger partial charge in [0.2, 0.25) is 0 Å². The Hall–Kier alpha value is -4.27. The molecule has 1 N–H and O–H groups in total. The van der Waals surface area contributed by atoms with Crippen molar-refractivity contribution in [1.82, 2.24) is 15.3 Å². The predicted molar refractivity (Wildman–Crippen MR) is 152 cm³/mol. The number of carbonyl (C=O) groups is 1. The Kier molecular flexibility index (Phi) is 8.45. The number of carbonyl (C=O) groups excluding carboxylic acids is 1. The zero-order valence-corrected chi connectivity index (χ0v) is 22.2. The van der Waals surface area contributed by atoms with E-state index in [1.807, 2.05) is 73.7 Å². The van der Waals surface area contributed by atoms with E-state index in [0.29, 0.717) is 17.9 Å². The molecule has 3 aromatic carbocycles. The highest BCUT2D eigenvalue weighted by atomic mass is 16.5. The number of morpholine rings is 1. The number of benzene rings is 3. The van der Waals surface area contributed by atoms with Gasteiger partial charge >= 0.3 is 0 Å². The highest BCUT2D eigenvalue weighted by molar-refractivity contribution is 6.07. The Bertz CT molecular complexity index is 1480. The number of hydrogen-bond acceptors (Lipinski definition) is 7. The fourth-order valence-corrected chi connectivity index (χ4v) is 4.65. The molecule has 1 aliphatic heterocycles. The summed E-state index contributed by atoms with van der Waals surface area (Å²) in [6.45, 7) is 6.52. The molecule has 0 aliphatic carbocycles. The first-order chi connectivity index (χ1) is 19.1. The van der Waals surface area contributed by atoms with Crippen molar-refractivity contribution >= 4 is 23.0 Å². The third-order valence-electron chi connectivity index (χ3n) is 6.58. The molecule has 1 amide bonds. The maximum absolute atomic E-state index is 13.3. The second-order valence-electron chi connectivity index (χ2n) is 9.19. The molecular weight excluding hydrogens is 492 g/mol.